The van der Waals surface area contributed by atoms with Crippen LogP contribution >= 0.6 is 24.0 Å². The van der Waals surface area contributed by atoms with E-state index in [1.165, 1.54) is 11.1 Å². The van der Waals surface area contributed by atoms with Gasteiger partial charge in [0.1, 0.15) is 11.6 Å². The molecule has 2 N–H and O–H groups in total. The molecular weight excluding hydrogens is 539 g/mol. The molecule has 3 heterocycles. The zero-order valence-corrected chi connectivity index (χ0v) is 22.5. The molecular formula is C26H35IN6O. The summed E-state index contributed by atoms with van der Waals surface area (Å²) in [5, 5.41) is 6.90. The maximum absolute atomic E-state index is 6.17. The molecule has 1 fully saturated rings. The first-order chi connectivity index (χ1) is 16.1. The summed E-state index contributed by atoms with van der Waals surface area (Å²) in [7, 11) is 0. The summed E-state index contributed by atoms with van der Waals surface area (Å²) in [6, 6.07) is 12.8. The van der Waals surface area contributed by atoms with Crippen LogP contribution in [0.2, 0.25) is 0 Å². The van der Waals surface area contributed by atoms with Gasteiger partial charge in [0.2, 0.25) is 0 Å². The average Bonchev–Trinajstić information content (AvgIpc) is 3.28. The first-order valence-electron chi connectivity index (χ1n) is 11.8. The van der Waals surface area contributed by atoms with Crippen LogP contribution in [0.25, 0.3) is 5.82 Å². The fraction of sp³-hybridized carbons (Fsp3) is 0.423. The molecule has 0 bridgehead atoms. The van der Waals surface area contributed by atoms with Crippen LogP contribution in [-0.2, 0) is 11.3 Å². The summed E-state index contributed by atoms with van der Waals surface area (Å²) in [5.74, 6) is 3.01. The van der Waals surface area contributed by atoms with Gasteiger partial charge in [0.25, 0.3) is 0 Å². The van der Waals surface area contributed by atoms with Gasteiger partial charge in [-0.15, -0.1) is 24.0 Å². The van der Waals surface area contributed by atoms with Crippen molar-refractivity contribution < 1.29 is 4.74 Å². The van der Waals surface area contributed by atoms with Crippen LogP contribution in [0.5, 0.6) is 0 Å². The molecule has 2 aromatic heterocycles. The molecule has 7 nitrogen and oxygen atoms in total. The molecule has 3 aromatic rings. The molecule has 0 saturated carbocycles. The zero-order valence-electron chi connectivity index (χ0n) is 20.2. The zero-order chi connectivity index (χ0) is 23.0. The predicted octanol–water partition coefficient (Wildman–Crippen LogP) is 4.73. The minimum atomic E-state index is 0. The second-order valence-corrected chi connectivity index (χ2v) is 8.55. The molecule has 8 heteroatoms. The van der Waals surface area contributed by atoms with E-state index < -0.39 is 0 Å². The van der Waals surface area contributed by atoms with Crippen LogP contribution in [-0.4, -0.2) is 40.2 Å². The van der Waals surface area contributed by atoms with Crippen molar-refractivity contribution in [2.45, 2.75) is 46.3 Å². The molecule has 2 atom stereocenters. The average molecular weight is 575 g/mol. The lowest BCUT2D eigenvalue weighted by molar-refractivity contribution is -0.0265. The van der Waals surface area contributed by atoms with Gasteiger partial charge in [0.15, 0.2) is 5.96 Å². The molecule has 1 saturated heterocycles. The van der Waals surface area contributed by atoms with E-state index in [4.69, 9.17) is 9.73 Å². The Hall–Kier alpha value is -2.46. The van der Waals surface area contributed by atoms with Crippen LogP contribution in [0.1, 0.15) is 48.4 Å². The minimum Gasteiger partial charge on any atom is -0.373 e. The first kappa shape index (κ1) is 26.2. The fourth-order valence-corrected chi connectivity index (χ4v) is 4.19. The van der Waals surface area contributed by atoms with E-state index in [1.54, 1.807) is 6.20 Å². The number of benzene rings is 1. The van der Waals surface area contributed by atoms with Crippen molar-refractivity contribution in [3.63, 3.8) is 0 Å². The number of hydrogen-bond acceptors (Lipinski definition) is 4. The van der Waals surface area contributed by atoms with Gasteiger partial charge in [-0.1, -0.05) is 35.9 Å². The maximum atomic E-state index is 6.17. The number of aliphatic imine (C=N–C) groups is 1. The predicted molar refractivity (Wildman–Crippen MR) is 147 cm³/mol. The van der Waals surface area contributed by atoms with Crippen molar-refractivity contribution in [3.8, 4) is 5.82 Å². The number of pyridine rings is 1. The lowest BCUT2D eigenvalue weighted by atomic mass is 9.89. The smallest absolute Gasteiger partial charge is 0.191 e. The van der Waals surface area contributed by atoms with Gasteiger partial charge < -0.3 is 15.4 Å². The molecule has 1 aliphatic heterocycles. The standard InChI is InChI=1S/C26H34N6O.HI/c1-4-27-26(30-17-21-9-12-24(29-16-21)32-14-13-28-20(32)3)31-18-23-6-5-15-33-25(23)22-10-7-19(2)8-11-22;/h7-14,16,23,25H,4-6,15,17-18H2,1-3H3,(H2,27,30,31);1H. The van der Waals surface area contributed by atoms with Crippen molar-refractivity contribution in [2.24, 2.45) is 10.9 Å². The Morgan fingerprint density at radius 3 is 2.62 bits per heavy atom. The number of imidazole rings is 1. The molecule has 34 heavy (non-hydrogen) atoms. The highest BCUT2D eigenvalue weighted by atomic mass is 127. The first-order valence-corrected chi connectivity index (χ1v) is 11.8. The monoisotopic (exact) mass is 574 g/mol. The Kier molecular flexibility index (Phi) is 9.88. The largest absolute Gasteiger partial charge is 0.373 e. The number of aryl methyl sites for hydroxylation is 2. The Morgan fingerprint density at radius 1 is 1.12 bits per heavy atom. The molecule has 0 spiro atoms. The van der Waals surface area contributed by atoms with Crippen molar-refractivity contribution in [1.29, 1.82) is 0 Å². The summed E-state index contributed by atoms with van der Waals surface area (Å²) in [4.78, 5) is 13.6. The quantitative estimate of drug-likeness (QED) is 0.243. The third-order valence-corrected chi connectivity index (χ3v) is 6.03. The van der Waals surface area contributed by atoms with Crippen LogP contribution in [0.3, 0.4) is 0 Å². The Morgan fingerprint density at radius 2 is 1.94 bits per heavy atom. The molecule has 1 aromatic carbocycles. The van der Waals surface area contributed by atoms with E-state index in [2.05, 4.69) is 64.8 Å². The molecule has 2 unspecified atom stereocenters. The number of nitrogens with one attached hydrogen (secondary N) is 2. The van der Waals surface area contributed by atoms with Crippen molar-refractivity contribution in [1.82, 2.24) is 25.2 Å². The summed E-state index contributed by atoms with van der Waals surface area (Å²) in [6.07, 6.45) is 7.94. The number of guanidine groups is 1. The minimum absolute atomic E-state index is 0. The van der Waals surface area contributed by atoms with Crippen molar-refractivity contribution in [3.05, 3.63) is 77.5 Å². The van der Waals surface area contributed by atoms with E-state index >= 15 is 0 Å². The summed E-state index contributed by atoms with van der Waals surface area (Å²) >= 11 is 0. The van der Waals surface area contributed by atoms with Crippen molar-refractivity contribution in [2.75, 3.05) is 19.7 Å². The molecule has 0 amide bonds. The third kappa shape index (κ3) is 6.79. The summed E-state index contributed by atoms with van der Waals surface area (Å²) < 4.78 is 8.14. The lowest BCUT2D eigenvalue weighted by Crippen LogP contribution is -2.42. The van der Waals surface area contributed by atoms with Crippen LogP contribution in [0.4, 0.5) is 0 Å². The second-order valence-electron chi connectivity index (χ2n) is 8.55. The van der Waals surface area contributed by atoms with Gasteiger partial charge in [0, 0.05) is 44.2 Å². The maximum Gasteiger partial charge on any atom is 0.191 e. The van der Waals surface area contributed by atoms with E-state index in [1.807, 2.05) is 30.0 Å². The Balaban J connectivity index is 0.00000324. The van der Waals surface area contributed by atoms with Gasteiger partial charge >= 0.3 is 0 Å². The highest BCUT2D eigenvalue weighted by molar-refractivity contribution is 14.0. The van der Waals surface area contributed by atoms with Crippen LogP contribution in [0, 0.1) is 19.8 Å². The SMILES string of the molecule is CCNC(=NCc1ccc(-n2ccnc2C)nc1)NCC1CCCOC1c1ccc(C)cc1.I. The van der Waals surface area contributed by atoms with E-state index in [9.17, 15) is 0 Å². The number of ether oxygens (including phenoxy) is 1. The number of halogens is 1. The molecule has 4 rings (SSSR count). The van der Waals surface area contributed by atoms with Gasteiger partial charge in [0.05, 0.1) is 12.6 Å². The fourth-order valence-electron chi connectivity index (χ4n) is 4.19. The van der Waals surface area contributed by atoms with Gasteiger partial charge in [-0.3, -0.25) is 4.57 Å². The Bertz CT molecular complexity index is 1050. The topological polar surface area (TPSA) is 76.4 Å². The number of aromatic nitrogens is 3. The van der Waals surface area contributed by atoms with Gasteiger partial charge in [-0.05, 0) is 50.8 Å². The molecule has 0 radical (unpaired) electrons. The van der Waals surface area contributed by atoms with Crippen LogP contribution < -0.4 is 10.6 Å². The van der Waals surface area contributed by atoms with E-state index in [0.29, 0.717) is 12.5 Å². The Labute approximate surface area is 219 Å². The highest BCUT2D eigenvalue weighted by Gasteiger charge is 2.27. The molecule has 0 aliphatic carbocycles. The molecule has 1 aliphatic rings. The normalized spacial score (nSPS) is 18.3. The van der Waals surface area contributed by atoms with E-state index in [0.717, 1.165) is 55.7 Å². The summed E-state index contributed by atoms with van der Waals surface area (Å²) in [6.45, 7) is 9.19. The summed E-state index contributed by atoms with van der Waals surface area (Å²) in [5.41, 5.74) is 3.59. The second kappa shape index (κ2) is 12.9. The van der Waals surface area contributed by atoms with Gasteiger partial charge in [-0.2, -0.15) is 0 Å². The molecule has 182 valence electrons. The van der Waals surface area contributed by atoms with Gasteiger partial charge in [-0.25, -0.2) is 15.0 Å². The van der Waals surface area contributed by atoms with Crippen LogP contribution in [0.15, 0.2) is 60.0 Å². The number of rotatable bonds is 7. The lowest BCUT2D eigenvalue weighted by Gasteiger charge is -2.32. The highest BCUT2D eigenvalue weighted by Crippen LogP contribution is 2.33. The number of hydrogen-bond donors (Lipinski definition) is 2. The van der Waals surface area contributed by atoms with Crippen molar-refractivity contribution >= 4 is 29.9 Å². The van der Waals surface area contributed by atoms with E-state index in [-0.39, 0.29) is 30.1 Å². The number of nitrogens with zero attached hydrogens (tertiary/aromatic N) is 4. The third-order valence-electron chi connectivity index (χ3n) is 6.03.